The van der Waals surface area contributed by atoms with Crippen LogP contribution in [-0.2, 0) is 21.1 Å². The van der Waals surface area contributed by atoms with Gasteiger partial charge in [-0.15, -0.1) is 33.0 Å². The molecule has 0 atom stereocenters. The summed E-state index contributed by atoms with van der Waals surface area (Å²) in [6.45, 7) is 10.5. The van der Waals surface area contributed by atoms with Gasteiger partial charge in [0.1, 0.15) is 0 Å². The standard InChI is InChI=1S/5C4H9O.W/c5*1-2-3-4-5;/h5*2-4H2,1H3;/q5*-1;. The first-order chi connectivity index (χ1) is 12.1. The molecule has 0 unspecified atom stereocenters. The Morgan fingerprint density at radius 2 is 0.462 bits per heavy atom. The molecule has 26 heavy (non-hydrogen) atoms. The van der Waals surface area contributed by atoms with E-state index in [9.17, 15) is 25.5 Å². The Bertz CT molecular complexity index is 96.5. The van der Waals surface area contributed by atoms with Crippen LogP contribution >= 0.6 is 0 Å². The third kappa shape index (κ3) is 123. The van der Waals surface area contributed by atoms with E-state index in [0.717, 1.165) is 64.2 Å². The maximum absolute atomic E-state index is 9.53. The molecule has 0 rings (SSSR count). The Hall–Kier alpha value is 0.488. The van der Waals surface area contributed by atoms with Crippen LogP contribution in [0.5, 0.6) is 0 Å². The van der Waals surface area contributed by atoms with Gasteiger partial charge in [-0.05, 0) is 0 Å². The van der Waals surface area contributed by atoms with Crippen molar-refractivity contribution in [1.29, 1.82) is 0 Å². The second kappa shape index (κ2) is 63.7. The van der Waals surface area contributed by atoms with Crippen LogP contribution < -0.4 is 25.5 Å². The van der Waals surface area contributed by atoms with Crippen molar-refractivity contribution >= 4 is 0 Å². The maximum atomic E-state index is 9.53. The Kier molecular flexibility index (Phi) is 100. The molecule has 0 N–H and O–H groups in total. The van der Waals surface area contributed by atoms with Gasteiger partial charge in [0.05, 0.1) is 0 Å². The zero-order valence-corrected chi connectivity index (χ0v) is 21.0. The third-order valence-electron chi connectivity index (χ3n) is 2.49. The van der Waals surface area contributed by atoms with Crippen molar-refractivity contribution < 1.29 is 46.6 Å². The van der Waals surface area contributed by atoms with E-state index in [2.05, 4.69) is 0 Å². The maximum Gasteiger partial charge on any atom is 0 e. The molecule has 0 radical (unpaired) electrons. The normalized spacial score (nSPS) is 8.08. The SMILES string of the molecule is CCCC[O-].CCCC[O-].CCCC[O-].CCCC[O-].CCCC[O-].[W]. The Labute approximate surface area is 178 Å². The molecule has 0 amide bonds. The first-order valence-corrected chi connectivity index (χ1v) is 9.98. The summed E-state index contributed by atoms with van der Waals surface area (Å²) in [6, 6.07) is 0. The molecule has 166 valence electrons. The van der Waals surface area contributed by atoms with E-state index in [-0.39, 0.29) is 54.1 Å². The fourth-order valence-electron chi connectivity index (χ4n) is 0.722. The molecule has 0 bridgehead atoms. The van der Waals surface area contributed by atoms with Crippen LogP contribution in [0.3, 0.4) is 0 Å². The summed E-state index contributed by atoms with van der Waals surface area (Å²) in [4.78, 5) is 0. The fourth-order valence-corrected chi connectivity index (χ4v) is 0.722. The summed E-state index contributed by atoms with van der Waals surface area (Å²) in [6.07, 6.45) is 9.32. The van der Waals surface area contributed by atoms with Crippen molar-refractivity contribution in [2.45, 2.75) is 98.8 Å². The minimum absolute atomic E-state index is 0. The van der Waals surface area contributed by atoms with Crippen molar-refractivity contribution in [2.24, 2.45) is 0 Å². The zero-order chi connectivity index (χ0) is 20.6. The average Bonchev–Trinajstić information content (AvgIpc) is 2.61. The van der Waals surface area contributed by atoms with E-state index in [1.807, 2.05) is 34.6 Å². The summed E-state index contributed by atoms with van der Waals surface area (Å²) in [5.41, 5.74) is 0. The molecule has 0 aliphatic carbocycles. The summed E-state index contributed by atoms with van der Waals surface area (Å²) < 4.78 is 0. The predicted octanol–water partition coefficient (Wildman–Crippen LogP) is 0.732. The molecule has 0 saturated carbocycles. The van der Waals surface area contributed by atoms with Gasteiger partial charge in [0.25, 0.3) is 0 Å². The monoisotopic (exact) mass is 549 g/mol. The van der Waals surface area contributed by atoms with Gasteiger partial charge in [-0.3, -0.25) is 0 Å². The van der Waals surface area contributed by atoms with Gasteiger partial charge in [-0.25, -0.2) is 0 Å². The van der Waals surface area contributed by atoms with Crippen LogP contribution in [0.25, 0.3) is 0 Å². The molecule has 0 saturated heterocycles. The Morgan fingerprint density at radius 1 is 0.346 bits per heavy atom. The first kappa shape index (κ1) is 41.0. The average molecular weight is 549 g/mol. The van der Waals surface area contributed by atoms with Gasteiger partial charge in [0.2, 0.25) is 0 Å². The van der Waals surface area contributed by atoms with Crippen molar-refractivity contribution in [2.75, 3.05) is 33.0 Å². The van der Waals surface area contributed by atoms with E-state index < -0.39 is 0 Å². The summed E-state index contributed by atoms with van der Waals surface area (Å²) in [7, 11) is 0. The van der Waals surface area contributed by atoms with E-state index >= 15 is 0 Å². The molecule has 0 heterocycles. The van der Waals surface area contributed by atoms with Gasteiger partial charge < -0.3 is 25.5 Å². The minimum atomic E-state index is 0. The van der Waals surface area contributed by atoms with Crippen molar-refractivity contribution in [1.82, 2.24) is 0 Å². The predicted molar refractivity (Wildman–Crippen MR) is 98.9 cm³/mol. The van der Waals surface area contributed by atoms with Crippen LogP contribution in [-0.4, -0.2) is 33.0 Å². The third-order valence-corrected chi connectivity index (χ3v) is 2.49. The fraction of sp³-hybridized carbons (Fsp3) is 1.00. The van der Waals surface area contributed by atoms with Gasteiger partial charge in [0.15, 0.2) is 0 Å². The molecular weight excluding hydrogens is 504 g/mol. The molecule has 0 aromatic rings. The molecular formula is C20H45O5W-5. The summed E-state index contributed by atoms with van der Waals surface area (Å²) >= 11 is 0. The largest absolute Gasteiger partial charge is 0.854 e. The van der Waals surface area contributed by atoms with Crippen LogP contribution in [0, 0.1) is 0 Å². The van der Waals surface area contributed by atoms with Crippen LogP contribution in [0.2, 0.25) is 0 Å². The molecule has 0 aliphatic heterocycles. The van der Waals surface area contributed by atoms with Crippen molar-refractivity contribution in [3.63, 3.8) is 0 Å². The Balaban J connectivity index is -0.0000000476. The first-order valence-electron chi connectivity index (χ1n) is 9.98. The van der Waals surface area contributed by atoms with Gasteiger partial charge >= 0.3 is 0 Å². The molecule has 0 fully saturated rings. The molecule has 0 spiro atoms. The molecule has 5 nitrogen and oxygen atoms in total. The van der Waals surface area contributed by atoms with Crippen molar-refractivity contribution in [3.8, 4) is 0 Å². The number of hydrogen-bond donors (Lipinski definition) is 0. The van der Waals surface area contributed by atoms with Gasteiger partial charge in [-0.1, -0.05) is 98.8 Å². The molecule has 6 heteroatoms. The topological polar surface area (TPSA) is 115 Å². The molecule has 0 aromatic heterocycles. The molecule has 0 aliphatic rings. The summed E-state index contributed by atoms with van der Waals surface area (Å²) in [5, 5.41) is 47.6. The second-order valence-electron chi connectivity index (χ2n) is 5.29. The van der Waals surface area contributed by atoms with Crippen LogP contribution in [0.15, 0.2) is 0 Å². The van der Waals surface area contributed by atoms with Crippen LogP contribution in [0.4, 0.5) is 0 Å². The minimum Gasteiger partial charge on any atom is -0.854 e. The van der Waals surface area contributed by atoms with Crippen molar-refractivity contribution in [3.05, 3.63) is 0 Å². The van der Waals surface area contributed by atoms with E-state index in [1.54, 1.807) is 0 Å². The van der Waals surface area contributed by atoms with Gasteiger partial charge in [-0.2, -0.15) is 0 Å². The van der Waals surface area contributed by atoms with Crippen LogP contribution in [0.1, 0.15) is 98.8 Å². The van der Waals surface area contributed by atoms with Gasteiger partial charge in [0, 0.05) is 21.1 Å². The molecule has 0 aromatic carbocycles. The van der Waals surface area contributed by atoms with E-state index in [4.69, 9.17) is 0 Å². The quantitative estimate of drug-likeness (QED) is 0.399. The number of unbranched alkanes of at least 4 members (excludes halogenated alkanes) is 5. The Morgan fingerprint density at radius 3 is 0.462 bits per heavy atom. The zero-order valence-electron chi connectivity index (χ0n) is 18.1. The number of hydrogen-bond acceptors (Lipinski definition) is 5. The smallest absolute Gasteiger partial charge is 0 e. The van der Waals surface area contributed by atoms with E-state index in [1.165, 1.54) is 0 Å². The second-order valence-corrected chi connectivity index (χ2v) is 5.29. The van der Waals surface area contributed by atoms with E-state index in [0.29, 0.717) is 0 Å². The summed E-state index contributed by atoms with van der Waals surface area (Å²) in [5.74, 6) is 0. The number of rotatable bonds is 10.